The number of nitrogens with zero attached hydrogens (tertiary/aromatic N) is 3. The van der Waals surface area contributed by atoms with Crippen LogP contribution in [-0.4, -0.2) is 15.0 Å². The summed E-state index contributed by atoms with van der Waals surface area (Å²) in [7, 11) is 0. The van der Waals surface area contributed by atoms with Gasteiger partial charge in [-0.15, -0.1) is 0 Å². The molecule has 4 heteroatoms. The van der Waals surface area contributed by atoms with Gasteiger partial charge in [0.2, 0.25) is 0 Å². The topological polar surface area (TPSA) is 51.8 Å². The number of furan rings is 1. The van der Waals surface area contributed by atoms with Gasteiger partial charge < -0.3 is 4.42 Å². The van der Waals surface area contributed by atoms with Crippen molar-refractivity contribution in [3.05, 3.63) is 152 Å². The summed E-state index contributed by atoms with van der Waals surface area (Å²) in [5, 5.41) is 4.71. The maximum absolute atomic E-state index is 6.61. The summed E-state index contributed by atoms with van der Waals surface area (Å²) >= 11 is 0. The van der Waals surface area contributed by atoms with E-state index in [4.69, 9.17) is 19.4 Å². The summed E-state index contributed by atoms with van der Waals surface area (Å²) in [6, 6.07) is 52.6. The molecule has 0 radical (unpaired) electrons. The van der Waals surface area contributed by atoms with Crippen LogP contribution in [0.1, 0.15) is 0 Å². The van der Waals surface area contributed by atoms with Crippen molar-refractivity contribution in [2.45, 2.75) is 0 Å². The summed E-state index contributed by atoms with van der Waals surface area (Å²) in [5.74, 6) is 1.91. The number of hydrogen-bond acceptors (Lipinski definition) is 4. The second kappa shape index (κ2) is 10.1. The molecule has 4 nitrogen and oxygen atoms in total. The highest BCUT2D eigenvalue weighted by atomic mass is 16.3. The molecular formula is C43H25N3O. The highest BCUT2D eigenvalue weighted by Gasteiger charge is 2.28. The summed E-state index contributed by atoms with van der Waals surface area (Å²) in [6.07, 6.45) is 0. The number of rotatable bonds is 4. The molecule has 10 rings (SSSR count). The van der Waals surface area contributed by atoms with Crippen molar-refractivity contribution in [3.8, 4) is 67.5 Å². The van der Waals surface area contributed by atoms with Gasteiger partial charge in [0.05, 0.1) is 0 Å². The first kappa shape index (κ1) is 25.9. The molecule has 0 saturated carbocycles. The van der Waals surface area contributed by atoms with E-state index in [9.17, 15) is 0 Å². The van der Waals surface area contributed by atoms with Crippen molar-refractivity contribution in [3.63, 3.8) is 0 Å². The molecular weight excluding hydrogens is 574 g/mol. The van der Waals surface area contributed by atoms with Crippen LogP contribution < -0.4 is 0 Å². The molecule has 0 fully saturated rings. The van der Waals surface area contributed by atoms with E-state index in [0.717, 1.165) is 49.8 Å². The second-order valence-corrected chi connectivity index (χ2v) is 12.0. The molecule has 218 valence electrons. The molecule has 0 saturated heterocycles. The highest BCUT2D eigenvalue weighted by molar-refractivity contribution is 6.20. The molecule has 1 aliphatic rings. The fraction of sp³-hybridized carbons (Fsp3) is 0. The van der Waals surface area contributed by atoms with Crippen LogP contribution in [0.25, 0.3) is 100 Å². The monoisotopic (exact) mass is 599 g/mol. The molecule has 0 aliphatic heterocycles. The zero-order valence-electron chi connectivity index (χ0n) is 25.2. The molecule has 0 atom stereocenters. The van der Waals surface area contributed by atoms with Gasteiger partial charge in [0.25, 0.3) is 0 Å². The minimum absolute atomic E-state index is 0.627. The maximum Gasteiger partial charge on any atom is 0.164 e. The Labute approximate surface area is 270 Å². The molecule has 0 amide bonds. The van der Waals surface area contributed by atoms with Crippen LogP contribution in [0.3, 0.4) is 0 Å². The van der Waals surface area contributed by atoms with E-state index in [1.54, 1.807) is 0 Å². The highest BCUT2D eigenvalue weighted by Crippen LogP contribution is 2.53. The Hall–Kier alpha value is -6.39. The first-order valence-electron chi connectivity index (χ1n) is 15.8. The van der Waals surface area contributed by atoms with Crippen molar-refractivity contribution in [1.82, 2.24) is 15.0 Å². The van der Waals surface area contributed by atoms with Crippen molar-refractivity contribution in [2.75, 3.05) is 0 Å². The predicted molar refractivity (Wildman–Crippen MR) is 191 cm³/mol. The van der Waals surface area contributed by atoms with Crippen LogP contribution in [0.4, 0.5) is 0 Å². The molecule has 1 aliphatic carbocycles. The number of hydrogen-bond donors (Lipinski definition) is 0. The predicted octanol–water partition coefficient (Wildman–Crippen LogP) is 11.2. The molecule has 0 unspecified atom stereocenters. The van der Waals surface area contributed by atoms with E-state index in [-0.39, 0.29) is 0 Å². The van der Waals surface area contributed by atoms with E-state index in [1.165, 1.54) is 33.0 Å². The first-order valence-corrected chi connectivity index (χ1v) is 15.8. The average molecular weight is 600 g/mol. The van der Waals surface area contributed by atoms with Crippen molar-refractivity contribution >= 4 is 32.7 Å². The zero-order chi connectivity index (χ0) is 30.9. The molecule has 47 heavy (non-hydrogen) atoms. The molecule has 2 heterocycles. The maximum atomic E-state index is 6.61. The van der Waals surface area contributed by atoms with Crippen LogP contribution in [0.15, 0.2) is 156 Å². The van der Waals surface area contributed by atoms with E-state index < -0.39 is 0 Å². The Balaban J connectivity index is 1.30. The lowest BCUT2D eigenvalue weighted by Gasteiger charge is -2.15. The fourth-order valence-corrected chi connectivity index (χ4v) is 7.16. The van der Waals surface area contributed by atoms with Gasteiger partial charge in [0.1, 0.15) is 11.2 Å². The Morgan fingerprint density at radius 1 is 0.383 bits per heavy atom. The number of aromatic nitrogens is 3. The minimum atomic E-state index is 0.627. The van der Waals surface area contributed by atoms with Gasteiger partial charge in [-0.25, -0.2) is 15.0 Å². The Morgan fingerprint density at radius 2 is 0.915 bits per heavy atom. The standard InChI is InChI=1S/C43H25N3O/c1-3-12-27(13-4-1)41-44-42(28-14-5-2-6-15-28)46-43(45-41)29-24-35-31-19-9-16-26-17-10-22-34(38(26)31)39(35)36(25-29)33-21-11-20-32-30-18-7-8-23-37(30)47-40(32)33/h1-25H. The number of para-hydroxylation sites is 2. The van der Waals surface area contributed by atoms with Crippen LogP contribution in [-0.2, 0) is 0 Å². The van der Waals surface area contributed by atoms with Crippen LogP contribution in [0.5, 0.6) is 0 Å². The van der Waals surface area contributed by atoms with Gasteiger partial charge in [0.15, 0.2) is 17.5 Å². The van der Waals surface area contributed by atoms with E-state index >= 15 is 0 Å². The largest absolute Gasteiger partial charge is 0.455 e. The van der Waals surface area contributed by atoms with Gasteiger partial charge in [-0.1, -0.05) is 133 Å². The molecule has 0 spiro atoms. The summed E-state index contributed by atoms with van der Waals surface area (Å²) in [6.45, 7) is 0. The quantitative estimate of drug-likeness (QED) is 0.202. The van der Waals surface area contributed by atoms with Gasteiger partial charge in [-0.05, 0) is 56.8 Å². The Morgan fingerprint density at radius 3 is 1.62 bits per heavy atom. The van der Waals surface area contributed by atoms with Gasteiger partial charge >= 0.3 is 0 Å². The second-order valence-electron chi connectivity index (χ2n) is 12.0. The molecule has 7 aromatic carbocycles. The number of fused-ring (bicyclic) bond motifs is 6. The summed E-state index contributed by atoms with van der Waals surface area (Å²) < 4.78 is 6.61. The summed E-state index contributed by atoms with van der Waals surface area (Å²) in [5.41, 5.74) is 11.5. The third kappa shape index (κ3) is 3.98. The van der Waals surface area contributed by atoms with Crippen LogP contribution >= 0.6 is 0 Å². The van der Waals surface area contributed by atoms with Crippen LogP contribution in [0.2, 0.25) is 0 Å². The molecule has 2 aromatic heterocycles. The minimum Gasteiger partial charge on any atom is -0.455 e. The molecule has 0 bridgehead atoms. The fourth-order valence-electron chi connectivity index (χ4n) is 7.16. The van der Waals surface area contributed by atoms with Gasteiger partial charge in [-0.3, -0.25) is 0 Å². The lowest BCUT2D eigenvalue weighted by molar-refractivity contribution is 0.670. The normalized spacial score (nSPS) is 11.8. The summed E-state index contributed by atoms with van der Waals surface area (Å²) in [4.78, 5) is 15.2. The Bertz CT molecular complexity index is 2610. The van der Waals surface area contributed by atoms with Gasteiger partial charge in [0, 0.05) is 33.0 Å². The average Bonchev–Trinajstić information content (AvgIpc) is 3.69. The van der Waals surface area contributed by atoms with Gasteiger partial charge in [-0.2, -0.15) is 0 Å². The van der Waals surface area contributed by atoms with Crippen molar-refractivity contribution in [2.24, 2.45) is 0 Å². The van der Waals surface area contributed by atoms with E-state index in [0.29, 0.717) is 17.5 Å². The van der Waals surface area contributed by atoms with Crippen molar-refractivity contribution < 1.29 is 4.42 Å². The zero-order valence-corrected chi connectivity index (χ0v) is 25.2. The SMILES string of the molecule is c1ccc(-c2nc(-c3ccccc3)nc(-c3cc(-c4cccc5c4oc4ccccc45)c4c(c3)-c3cccc5cccc-4c35)n2)cc1. The van der Waals surface area contributed by atoms with E-state index in [1.807, 2.05) is 72.8 Å². The number of benzene rings is 7. The molecule has 9 aromatic rings. The van der Waals surface area contributed by atoms with Crippen molar-refractivity contribution in [1.29, 1.82) is 0 Å². The third-order valence-electron chi connectivity index (χ3n) is 9.25. The van der Waals surface area contributed by atoms with Crippen LogP contribution in [0, 0.1) is 0 Å². The van der Waals surface area contributed by atoms with E-state index in [2.05, 4.69) is 78.9 Å². The molecule has 0 N–H and O–H groups in total. The first-order chi connectivity index (χ1) is 23.3. The third-order valence-corrected chi connectivity index (χ3v) is 9.25. The Kier molecular flexibility index (Phi) is 5.54. The lowest BCUT2D eigenvalue weighted by atomic mass is 9.90. The smallest absolute Gasteiger partial charge is 0.164 e. The lowest BCUT2D eigenvalue weighted by Crippen LogP contribution is -2.00.